The summed E-state index contributed by atoms with van der Waals surface area (Å²) in [4.78, 5) is 39.6. The van der Waals surface area contributed by atoms with Crippen molar-refractivity contribution in [3.05, 3.63) is 59.1 Å². The Balaban J connectivity index is 1.83. The molecule has 1 unspecified atom stereocenters. The van der Waals surface area contributed by atoms with E-state index in [9.17, 15) is 14.4 Å². The van der Waals surface area contributed by atoms with E-state index < -0.39 is 29.9 Å². The Morgan fingerprint density at radius 1 is 1.20 bits per heavy atom. The summed E-state index contributed by atoms with van der Waals surface area (Å²) in [5, 5.41) is 5.90. The van der Waals surface area contributed by atoms with E-state index in [2.05, 4.69) is 10.6 Å². The molecule has 1 fully saturated rings. The van der Waals surface area contributed by atoms with Crippen molar-refractivity contribution in [1.82, 2.24) is 10.2 Å². The third kappa shape index (κ3) is 4.26. The van der Waals surface area contributed by atoms with E-state index in [0.29, 0.717) is 28.4 Å². The molecule has 0 spiro atoms. The molecule has 30 heavy (non-hydrogen) atoms. The first-order valence-electron chi connectivity index (χ1n) is 9.60. The van der Waals surface area contributed by atoms with Gasteiger partial charge < -0.3 is 15.4 Å². The van der Waals surface area contributed by atoms with Crippen LogP contribution >= 0.6 is 11.6 Å². The standard InChI is InChI=1S/C22H24ClN3O4/c1-14(2)12-22(15-7-5-4-6-8-15)20(28)26(21(29)25-22)13-19(27)24-17-11-16(23)9-10-18(17)30-3/h4-11,14H,12-13H2,1-3H3,(H,24,27)(H,25,29). The molecular weight excluding hydrogens is 406 g/mol. The first-order valence-corrected chi connectivity index (χ1v) is 9.97. The van der Waals surface area contributed by atoms with Crippen LogP contribution in [-0.4, -0.2) is 36.4 Å². The molecule has 0 aliphatic carbocycles. The molecule has 1 saturated heterocycles. The van der Waals surface area contributed by atoms with Crippen molar-refractivity contribution in [1.29, 1.82) is 0 Å². The van der Waals surface area contributed by atoms with Crippen LogP contribution in [0.25, 0.3) is 0 Å². The van der Waals surface area contributed by atoms with Gasteiger partial charge in [0, 0.05) is 5.02 Å². The SMILES string of the molecule is COc1ccc(Cl)cc1NC(=O)CN1C(=O)NC(CC(C)C)(c2ccccc2)C1=O. The van der Waals surface area contributed by atoms with Crippen LogP contribution in [0.4, 0.5) is 10.5 Å². The minimum Gasteiger partial charge on any atom is -0.495 e. The smallest absolute Gasteiger partial charge is 0.325 e. The highest BCUT2D eigenvalue weighted by Crippen LogP contribution is 2.35. The van der Waals surface area contributed by atoms with Gasteiger partial charge in [-0.25, -0.2) is 4.79 Å². The third-order valence-corrected chi connectivity index (χ3v) is 5.13. The lowest BCUT2D eigenvalue weighted by molar-refractivity contribution is -0.134. The summed E-state index contributed by atoms with van der Waals surface area (Å²) in [6.45, 7) is 3.53. The third-order valence-electron chi connectivity index (χ3n) is 4.89. The number of ether oxygens (including phenoxy) is 1. The van der Waals surface area contributed by atoms with Gasteiger partial charge in [-0.1, -0.05) is 55.8 Å². The zero-order valence-corrected chi connectivity index (χ0v) is 17.8. The molecule has 0 radical (unpaired) electrons. The second-order valence-electron chi connectivity index (χ2n) is 7.58. The fourth-order valence-electron chi connectivity index (χ4n) is 3.67. The Hall–Kier alpha value is -3.06. The van der Waals surface area contributed by atoms with Gasteiger partial charge in [0.15, 0.2) is 0 Å². The zero-order chi connectivity index (χ0) is 21.9. The van der Waals surface area contributed by atoms with E-state index in [-0.39, 0.29) is 5.92 Å². The van der Waals surface area contributed by atoms with Crippen molar-refractivity contribution >= 4 is 35.1 Å². The van der Waals surface area contributed by atoms with Crippen LogP contribution in [0.2, 0.25) is 5.02 Å². The van der Waals surface area contributed by atoms with E-state index in [1.54, 1.807) is 24.3 Å². The molecular formula is C22H24ClN3O4. The Morgan fingerprint density at radius 2 is 1.90 bits per heavy atom. The summed E-state index contributed by atoms with van der Waals surface area (Å²) in [7, 11) is 1.47. The molecule has 0 aromatic heterocycles. The normalized spacial score (nSPS) is 18.5. The summed E-state index contributed by atoms with van der Waals surface area (Å²) < 4.78 is 5.21. The summed E-state index contributed by atoms with van der Waals surface area (Å²) in [6, 6.07) is 13.3. The number of benzene rings is 2. The Morgan fingerprint density at radius 3 is 2.53 bits per heavy atom. The lowest BCUT2D eigenvalue weighted by Gasteiger charge is -2.29. The number of anilines is 1. The van der Waals surface area contributed by atoms with Crippen LogP contribution in [0.15, 0.2) is 48.5 Å². The number of hydrogen-bond donors (Lipinski definition) is 2. The van der Waals surface area contributed by atoms with Gasteiger partial charge in [0.05, 0.1) is 12.8 Å². The second-order valence-corrected chi connectivity index (χ2v) is 8.02. The molecule has 1 atom stereocenters. The minimum atomic E-state index is -1.19. The first-order chi connectivity index (χ1) is 14.3. The number of nitrogens with zero attached hydrogens (tertiary/aromatic N) is 1. The van der Waals surface area contributed by atoms with Crippen molar-refractivity contribution in [2.45, 2.75) is 25.8 Å². The van der Waals surface area contributed by atoms with Crippen LogP contribution < -0.4 is 15.4 Å². The van der Waals surface area contributed by atoms with Gasteiger partial charge in [-0.2, -0.15) is 0 Å². The van der Waals surface area contributed by atoms with E-state index in [1.807, 2.05) is 32.0 Å². The molecule has 0 bridgehead atoms. The molecule has 1 heterocycles. The molecule has 3 rings (SSSR count). The average Bonchev–Trinajstić information content (AvgIpc) is 2.93. The number of carbonyl (C=O) groups is 3. The van der Waals surface area contributed by atoms with Crippen LogP contribution in [0.5, 0.6) is 5.75 Å². The van der Waals surface area contributed by atoms with E-state index in [4.69, 9.17) is 16.3 Å². The highest BCUT2D eigenvalue weighted by molar-refractivity contribution is 6.31. The second kappa shape index (κ2) is 8.75. The molecule has 7 nitrogen and oxygen atoms in total. The van der Waals surface area contributed by atoms with Crippen molar-refractivity contribution in [3.8, 4) is 5.75 Å². The largest absolute Gasteiger partial charge is 0.495 e. The minimum absolute atomic E-state index is 0.138. The molecule has 2 aromatic rings. The maximum atomic E-state index is 13.4. The highest BCUT2D eigenvalue weighted by Gasteiger charge is 2.52. The van der Waals surface area contributed by atoms with Gasteiger partial charge in [0.25, 0.3) is 5.91 Å². The van der Waals surface area contributed by atoms with Crippen LogP contribution in [0.1, 0.15) is 25.8 Å². The predicted molar refractivity (Wildman–Crippen MR) is 114 cm³/mol. The lowest BCUT2D eigenvalue weighted by atomic mass is 9.82. The van der Waals surface area contributed by atoms with Crippen molar-refractivity contribution in [2.24, 2.45) is 5.92 Å². The number of nitrogens with one attached hydrogen (secondary N) is 2. The van der Waals surface area contributed by atoms with Gasteiger partial charge in [0.2, 0.25) is 5.91 Å². The molecule has 1 aliphatic heterocycles. The maximum Gasteiger partial charge on any atom is 0.325 e. The van der Waals surface area contributed by atoms with Gasteiger partial charge in [-0.05, 0) is 36.1 Å². The van der Waals surface area contributed by atoms with E-state index >= 15 is 0 Å². The average molecular weight is 430 g/mol. The molecule has 2 aromatic carbocycles. The molecule has 2 N–H and O–H groups in total. The van der Waals surface area contributed by atoms with E-state index in [0.717, 1.165) is 4.90 Å². The van der Waals surface area contributed by atoms with Crippen LogP contribution in [0.3, 0.4) is 0 Å². The number of amides is 4. The molecule has 4 amide bonds. The van der Waals surface area contributed by atoms with Crippen molar-refractivity contribution in [2.75, 3.05) is 19.0 Å². The van der Waals surface area contributed by atoms with Crippen LogP contribution in [0, 0.1) is 5.92 Å². The number of carbonyl (C=O) groups excluding carboxylic acids is 3. The van der Waals surface area contributed by atoms with Crippen molar-refractivity contribution in [3.63, 3.8) is 0 Å². The first kappa shape index (κ1) is 21.6. The van der Waals surface area contributed by atoms with E-state index in [1.165, 1.54) is 13.2 Å². The summed E-state index contributed by atoms with van der Waals surface area (Å²) >= 11 is 5.99. The number of hydrogen-bond acceptors (Lipinski definition) is 4. The number of urea groups is 1. The van der Waals surface area contributed by atoms with Crippen molar-refractivity contribution < 1.29 is 19.1 Å². The van der Waals surface area contributed by atoms with Gasteiger partial charge >= 0.3 is 6.03 Å². The van der Waals surface area contributed by atoms with Gasteiger partial charge in [-0.15, -0.1) is 0 Å². The number of halogens is 1. The number of methoxy groups -OCH3 is 1. The predicted octanol–water partition coefficient (Wildman–Crippen LogP) is 3.78. The quantitative estimate of drug-likeness (QED) is 0.655. The summed E-state index contributed by atoms with van der Waals surface area (Å²) in [5.41, 5.74) is -0.143. The monoisotopic (exact) mass is 429 g/mol. The van der Waals surface area contributed by atoms with Crippen LogP contribution in [-0.2, 0) is 15.1 Å². The van der Waals surface area contributed by atoms with Gasteiger partial charge in [-0.3, -0.25) is 14.5 Å². The zero-order valence-electron chi connectivity index (χ0n) is 17.1. The number of rotatable bonds is 7. The Kier molecular flexibility index (Phi) is 6.31. The topological polar surface area (TPSA) is 87.7 Å². The lowest BCUT2D eigenvalue weighted by Crippen LogP contribution is -2.45. The Labute approximate surface area is 180 Å². The fourth-order valence-corrected chi connectivity index (χ4v) is 3.84. The Bertz CT molecular complexity index is 964. The maximum absolute atomic E-state index is 13.4. The number of imide groups is 1. The highest BCUT2D eigenvalue weighted by atomic mass is 35.5. The summed E-state index contributed by atoms with van der Waals surface area (Å²) in [5.74, 6) is -0.421. The fraction of sp³-hybridized carbons (Fsp3) is 0.318. The molecule has 8 heteroatoms. The molecule has 0 saturated carbocycles. The molecule has 158 valence electrons. The van der Waals surface area contributed by atoms with Gasteiger partial charge in [0.1, 0.15) is 17.8 Å². The molecule has 1 aliphatic rings. The summed E-state index contributed by atoms with van der Waals surface area (Å²) in [6.07, 6.45) is 0.418.